The van der Waals surface area contributed by atoms with Gasteiger partial charge in [-0.25, -0.2) is 0 Å². The van der Waals surface area contributed by atoms with Crippen molar-refractivity contribution < 1.29 is 9.47 Å². The average Bonchev–Trinajstić information content (AvgIpc) is 2.43. The molecule has 1 N–H and O–H groups in total. The quantitative estimate of drug-likeness (QED) is 0.740. The van der Waals surface area contributed by atoms with Crippen molar-refractivity contribution in [2.75, 3.05) is 19.8 Å². The van der Waals surface area contributed by atoms with Crippen molar-refractivity contribution in [3.63, 3.8) is 0 Å². The highest BCUT2D eigenvalue weighted by molar-refractivity contribution is 5.29. The van der Waals surface area contributed by atoms with E-state index in [-0.39, 0.29) is 12.1 Å². The van der Waals surface area contributed by atoms with E-state index in [9.17, 15) is 0 Å². The lowest BCUT2D eigenvalue weighted by molar-refractivity contribution is 0.0476. The molecule has 3 heteroatoms. The average molecular weight is 265 g/mol. The molecule has 0 saturated carbocycles. The van der Waals surface area contributed by atoms with Gasteiger partial charge in [-0.05, 0) is 44.5 Å². The Morgan fingerprint density at radius 2 is 1.79 bits per heavy atom. The Balaban J connectivity index is 2.73. The van der Waals surface area contributed by atoms with Crippen molar-refractivity contribution in [1.82, 2.24) is 5.32 Å². The van der Waals surface area contributed by atoms with E-state index in [4.69, 9.17) is 9.47 Å². The van der Waals surface area contributed by atoms with Gasteiger partial charge in [0.05, 0.1) is 18.8 Å². The fraction of sp³-hybridized carbons (Fsp3) is 0.625. The summed E-state index contributed by atoms with van der Waals surface area (Å²) in [5.41, 5.74) is 1.24. The molecule has 2 atom stereocenters. The van der Waals surface area contributed by atoms with Gasteiger partial charge in [0.15, 0.2) is 0 Å². The van der Waals surface area contributed by atoms with E-state index in [1.54, 1.807) is 0 Å². The second-order valence-electron chi connectivity index (χ2n) is 4.61. The number of benzene rings is 1. The van der Waals surface area contributed by atoms with Crippen LogP contribution in [0.4, 0.5) is 0 Å². The smallest absolute Gasteiger partial charge is 0.119 e. The summed E-state index contributed by atoms with van der Waals surface area (Å²) in [5, 5.41) is 3.48. The minimum absolute atomic E-state index is 0.160. The fourth-order valence-corrected chi connectivity index (χ4v) is 2.13. The number of hydrogen-bond acceptors (Lipinski definition) is 3. The van der Waals surface area contributed by atoms with E-state index in [2.05, 4.69) is 38.2 Å². The molecule has 2 unspecified atom stereocenters. The van der Waals surface area contributed by atoms with Gasteiger partial charge in [-0.3, -0.25) is 0 Å². The summed E-state index contributed by atoms with van der Waals surface area (Å²) < 4.78 is 11.3. The lowest BCUT2D eigenvalue weighted by Crippen LogP contribution is -2.32. The number of hydrogen-bond donors (Lipinski definition) is 1. The molecule has 19 heavy (non-hydrogen) atoms. The molecule has 0 aromatic heterocycles. The summed E-state index contributed by atoms with van der Waals surface area (Å²) in [6.07, 6.45) is 1.19. The first-order chi connectivity index (χ1) is 9.22. The summed E-state index contributed by atoms with van der Waals surface area (Å²) in [7, 11) is 0. The van der Waals surface area contributed by atoms with Gasteiger partial charge in [0.1, 0.15) is 5.75 Å². The van der Waals surface area contributed by atoms with Crippen molar-refractivity contribution in [3.8, 4) is 5.75 Å². The Morgan fingerprint density at radius 3 is 2.32 bits per heavy atom. The van der Waals surface area contributed by atoms with Crippen molar-refractivity contribution in [2.24, 2.45) is 0 Å². The van der Waals surface area contributed by atoms with E-state index in [0.717, 1.165) is 31.9 Å². The maximum Gasteiger partial charge on any atom is 0.119 e. The van der Waals surface area contributed by atoms with Gasteiger partial charge in [0.25, 0.3) is 0 Å². The van der Waals surface area contributed by atoms with Crippen LogP contribution >= 0.6 is 0 Å². The molecule has 0 aliphatic rings. The van der Waals surface area contributed by atoms with Gasteiger partial charge in [0, 0.05) is 6.61 Å². The molecule has 3 nitrogen and oxygen atoms in total. The highest BCUT2D eigenvalue weighted by atomic mass is 16.5. The molecule has 1 rings (SSSR count). The molecule has 0 spiro atoms. The number of likely N-dealkylation sites (N-methyl/N-ethyl adjacent to an activating group) is 1. The summed E-state index contributed by atoms with van der Waals surface area (Å²) >= 11 is 0. The zero-order valence-corrected chi connectivity index (χ0v) is 12.6. The van der Waals surface area contributed by atoms with Crippen LogP contribution in [-0.2, 0) is 4.74 Å². The van der Waals surface area contributed by atoms with E-state index in [0.29, 0.717) is 0 Å². The van der Waals surface area contributed by atoms with Gasteiger partial charge >= 0.3 is 0 Å². The first-order valence-electron chi connectivity index (χ1n) is 7.30. The first-order valence-corrected chi connectivity index (χ1v) is 7.30. The van der Waals surface area contributed by atoms with Crippen LogP contribution < -0.4 is 10.1 Å². The zero-order chi connectivity index (χ0) is 14.1. The topological polar surface area (TPSA) is 30.5 Å². The third-order valence-electron chi connectivity index (χ3n) is 3.04. The van der Waals surface area contributed by atoms with Crippen LogP contribution in [0.2, 0.25) is 0 Å². The third kappa shape index (κ3) is 5.21. The number of nitrogens with one attached hydrogen (secondary N) is 1. The molecule has 0 saturated heterocycles. The molecule has 0 radical (unpaired) electrons. The van der Waals surface area contributed by atoms with E-state index < -0.39 is 0 Å². The molecule has 0 fully saturated rings. The Labute approximate surface area is 117 Å². The predicted octanol–water partition coefficient (Wildman–Crippen LogP) is 3.55. The maximum atomic E-state index is 5.71. The molecule has 0 amide bonds. The zero-order valence-electron chi connectivity index (χ0n) is 12.6. The Kier molecular flexibility index (Phi) is 7.53. The normalized spacial score (nSPS) is 14.1. The van der Waals surface area contributed by atoms with Crippen molar-refractivity contribution in [2.45, 2.75) is 46.3 Å². The third-order valence-corrected chi connectivity index (χ3v) is 3.04. The van der Waals surface area contributed by atoms with E-state index in [1.165, 1.54) is 5.56 Å². The summed E-state index contributed by atoms with van der Waals surface area (Å²) in [6.45, 7) is 10.8. The molecule has 0 bridgehead atoms. The van der Waals surface area contributed by atoms with Gasteiger partial charge in [-0.1, -0.05) is 26.0 Å². The highest BCUT2D eigenvalue weighted by Crippen LogP contribution is 2.22. The molecule has 108 valence electrons. The van der Waals surface area contributed by atoms with Gasteiger partial charge < -0.3 is 14.8 Å². The SMILES string of the molecule is CCCOc1ccc(C(NCC)C(C)OCC)cc1. The molecule has 1 aromatic rings. The highest BCUT2D eigenvalue weighted by Gasteiger charge is 2.18. The lowest BCUT2D eigenvalue weighted by Gasteiger charge is -2.25. The van der Waals surface area contributed by atoms with Crippen LogP contribution in [0.1, 0.15) is 45.7 Å². The monoisotopic (exact) mass is 265 g/mol. The van der Waals surface area contributed by atoms with Crippen LogP contribution in [0.3, 0.4) is 0 Å². The van der Waals surface area contributed by atoms with E-state index >= 15 is 0 Å². The Bertz CT molecular complexity index is 337. The minimum atomic E-state index is 0.160. The van der Waals surface area contributed by atoms with Crippen molar-refractivity contribution in [1.29, 1.82) is 0 Å². The van der Waals surface area contributed by atoms with E-state index in [1.807, 2.05) is 19.1 Å². The standard InChI is InChI=1S/C16H27NO2/c1-5-12-19-15-10-8-14(9-11-15)16(17-6-2)13(4)18-7-3/h8-11,13,16-17H,5-7,12H2,1-4H3. The molecule has 0 aliphatic carbocycles. The number of rotatable bonds is 9. The van der Waals surface area contributed by atoms with Crippen molar-refractivity contribution in [3.05, 3.63) is 29.8 Å². The second kappa shape index (κ2) is 8.94. The molecular formula is C16H27NO2. The molecule has 0 heterocycles. The summed E-state index contributed by atoms with van der Waals surface area (Å²) in [4.78, 5) is 0. The summed E-state index contributed by atoms with van der Waals surface area (Å²) in [5.74, 6) is 0.935. The van der Waals surface area contributed by atoms with Crippen LogP contribution in [-0.4, -0.2) is 25.9 Å². The second-order valence-corrected chi connectivity index (χ2v) is 4.61. The predicted molar refractivity (Wildman–Crippen MR) is 79.7 cm³/mol. The van der Waals surface area contributed by atoms with Gasteiger partial charge in [-0.15, -0.1) is 0 Å². The van der Waals surface area contributed by atoms with Crippen LogP contribution in [0.25, 0.3) is 0 Å². The van der Waals surface area contributed by atoms with Crippen molar-refractivity contribution >= 4 is 0 Å². The molecular weight excluding hydrogens is 238 g/mol. The Hall–Kier alpha value is -1.06. The Morgan fingerprint density at radius 1 is 1.11 bits per heavy atom. The van der Waals surface area contributed by atoms with Gasteiger partial charge in [0.2, 0.25) is 0 Å². The lowest BCUT2D eigenvalue weighted by atomic mass is 10.0. The molecule has 1 aromatic carbocycles. The maximum absolute atomic E-state index is 5.71. The minimum Gasteiger partial charge on any atom is -0.494 e. The first kappa shape index (κ1) is 16.0. The largest absolute Gasteiger partial charge is 0.494 e. The fourth-order valence-electron chi connectivity index (χ4n) is 2.13. The molecule has 0 aliphatic heterocycles. The number of ether oxygens (including phenoxy) is 2. The van der Waals surface area contributed by atoms with Gasteiger partial charge in [-0.2, -0.15) is 0 Å². The van der Waals surface area contributed by atoms with Crippen LogP contribution in [0.5, 0.6) is 5.75 Å². The van der Waals surface area contributed by atoms with Crippen LogP contribution in [0.15, 0.2) is 24.3 Å². The van der Waals surface area contributed by atoms with Crippen LogP contribution in [0, 0.1) is 0 Å². The summed E-state index contributed by atoms with van der Waals surface area (Å²) in [6, 6.07) is 8.54.